The molecule has 47 heavy (non-hydrogen) atoms. The van der Waals surface area contributed by atoms with Gasteiger partial charge in [0.2, 0.25) is 11.8 Å². The Morgan fingerprint density at radius 3 is 2.17 bits per heavy atom. The number of sulfonamides is 1. The fourth-order valence-electron chi connectivity index (χ4n) is 6.02. The lowest BCUT2D eigenvalue weighted by Crippen LogP contribution is -2.55. The number of nitrogens with zero attached hydrogens (tertiary/aromatic N) is 2. The van der Waals surface area contributed by atoms with E-state index in [0.29, 0.717) is 0 Å². The number of benzene rings is 4. The van der Waals surface area contributed by atoms with Crippen LogP contribution < -0.4 is 9.62 Å². The molecule has 1 unspecified atom stereocenters. The molecule has 1 saturated carbocycles. The van der Waals surface area contributed by atoms with Gasteiger partial charge in [0.05, 0.1) is 15.6 Å². The van der Waals surface area contributed by atoms with Crippen molar-refractivity contribution in [2.24, 2.45) is 0 Å². The fourth-order valence-corrected chi connectivity index (χ4v) is 7.90. The summed E-state index contributed by atoms with van der Waals surface area (Å²) in [5, 5.41) is 3.60. The first-order chi connectivity index (χ1) is 22.6. The SMILES string of the molecule is Cc1cccc(CN(C(=O)CN(c2cc(Cl)ccc2Cl)S(=O)(=O)c2ccccc2)C(Cc2ccccc2)C(=O)NC2CCCCC2)c1. The van der Waals surface area contributed by atoms with Crippen LogP contribution in [0.1, 0.15) is 48.8 Å². The zero-order valence-corrected chi connectivity index (χ0v) is 28.6. The smallest absolute Gasteiger partial charge is 0.264 e. The topological polar surface area (TPSA) is 86.8 Å². The second-order valence-electron chi connectivity index (χ2n) is 12.0. The average molecular weight is 693 g/mol. The fraction of sp³-hybridized carbons (Fsp3) is 0.297. The minimum atomic E-state index is -4.29. The Labute approximate surface area is 287 Å². The van der Waals surface area contributed by atoms with Gasteiger partial charge in [-0.1, -0.05) is 121 Å². The summed E-state index contributed by atoms with van der Waals surface area (Å²) in [6.07, 6.45) is 5.22. The molecule has 4 aromatic rings. The Hall–Kier alpha value is -3.85. The quantitative estimate of drug-likeness (QED) is 0.166. The van der Waals surface area contributed by atoms with Crippen molar-refractivity contribution in [2.75, 3.05) is 10.8 Å². The van der Waals surface area contributed by atoms with E-state index in [-0.39, 0.29) is 45.5 Å². The number of hydrogen-bond donors (Lipinski definition) is 1. The van der Waals surface area contributed by atoms with E-state index in [1.165, 1.54) is 29.2 Å². The van der Waals surface area contributed by atoms with Gasteiger partial charge in [-0.15, -0.1) is 0 Å². The Kier molecular flexibility index (Phi) is 11.6. The highest BCUT2D eigenvalue weighted by Crippen LogP contribution is 2.33. The molecule has 0 aliphatic heterocycles. The van der Waals surface area contributed by atoms with E-state index in [2.05, 4.69) is 5.32 Å². The van der Waals surface area contributed by atoms with Crippen molar-refractivity contribution in [3.8, 4) is 0 Å². The van der Waals surface area contributed by atoms with Gasteiger partial charge in [0, 0.05) is 24.0 Å². The maximum atomic E-state index is 14.7. The molecule has 0 saturated heterocycles. The highest BCUT2D eigenvalue weighted by Gasteiger charge is 2.36. The second-order valence-corrected chi connectivity index (χ2v) is 14.7. The van der Waals surface area contributed by atoms with Crippen molar-refractivity contribution in [1.82, 2.24) is 10.2 Å². The Morgan fingerprint density at radius 1 is 0.830 bits per heavy atom. The minimum absolute atomic E-state index is 0.00930. The molecule has 5 rings (SSSR count). The molecule has 1 atom stereocenters. The predicted molar refractivity (Wildman–Crippen MR) is 188 cm³/mol. The minimum Gasteiger partial charge on any atom is -0.352 e. The summed E-state index contributed by atoms with van der Waals surface area (Å²) in [6, 6.07) is 28.7. The van der Waals surface area contributed by atoms with E-state index in [1.54, 1.807) is 24.3 Å². The Morgan fingerprint density at radius 2 is 1.49 bits per heavy atom. The van der Waals surface area contributed by atoms with E-state index in [4.69, 9.17) is 23.2 Å². The molecule has 0 spiro atoms. The number of aryl methyl sites for hydroxylation is 1. The van der Waals surface area contributed by atoms with E-state index in [9.17, 15) is 18.0 Å². The average Bonchev–Trinajstić information content (AvgIpc) is 3.07. The highest BCUT2D eigenvalue weighted by atomic mass is 35.5. The van der Waals surface area contributed by atoms with Crippen LogP contribution in [0.5, 0.6) is 0 Å². The number of carbonyl (C=O) groups excluding carboxylic acids is 2. The number of hydrogen-bond acceptors (Lipinski definition) is 4. The molecule has 246 valence electrons. The summed E-state index contributed by atoms with van der Waals surface area (Å²) in [4.78, 5) is 30.4. The van der Waals surface area contributed by atoms with Crippen LogP contribution in [0.4, 0.5) is 5.69 Å². The summed E-state index contributed by atoms with van der Waals surface area (Å²) in [5.74, 6) is -0.818. The lowest BCUT2D eigenvalue weighted by molar-refractivity contribution is -0.140. The van der Waals surface area contributed by atoms with Crippen LogP contribution in [-0.2, 0) is 32.6 Å². The van der Waals surface area contributed by atoms with Crippen LogP contribution in [0.25, 0.3) is 0 Å². The monoisotopic (exact) mass is 691 g/mol. The number of rotatable bonds is 12. The van der Waals surface area contributed by atoms with Crippen molar-refractivity contribution < 1.29 is 18.0 Å². The molecule has 1 fully saturated rings. The summed E-state index contributed by atoms with van der Waals surface area (Å²) in [6.45, 7) is 1.45. The lowest BCUT2D eigenvalue weighted by atomic mass is 9.94. The molecule has 1 N–H and O–H groups in total. The van der Waals surface area contributed by atoms with Gasteiger partial charge in [0.15, 0.2) is 0 Å². The van der Waals surface area contributed by atoms with Gasteiger partial charge in [0.1, 0.15) is 12.6 Å². The van der Waals surface area contributed by atoms with E-state index >= 15 is 0 Å². The van der Waals surface area contributed by atoms with Crippen LogP contribution in [0.3, 0.4) is 0 Å². The zero-order chi connectivity index (χ0) is 33.4. The molecular formula is C37H39Cl2N3O4S. The molecule has 4 aromatic carbocycles. The van der Waals surface area contributed by atoms with E-state index in [1.807, 2.05) is 61.5 Å². The third kappa shape index (κ3) is 8.95. The van der Waals surface area contributed by atoms with Crippen LogP contribution in [0.2, 0.25) is 10.0 Å². The van der Waals surface area contributed by atoms with E-state index < -0.39 is 28.5 Å². The van der Waals surface area contributed by atoms with Gasteiger partial charge in [0.25, 0.3) is 10.0 Å². The van der Waals surface area contributed by atoms with Gasteiger partial charge >= 0.3 is 0 Å². The summed E-state index contributed by atoms with van der Waals surface area (Å²) >= 11 is 12.9. The second kappa shape index (κ2) is 15.8. The molecule has 0 bridgehead atoms. The zero-order valence-electron chi connectivity index (χ0n) is 26.3. The number of amides is 2. The highest BCUT2D eigenvalue weighted by molar-refractivity contribution is 7.92. The maximum Gasteiger partial charge on any atom is 0.264 e. The number of nitrogens with one attached hydrogen (secondary N) is 1. The largest absolute Gasteiger partial charge is 0.352 e. The van der Waals surface area contributed by atoms with Gasteiger partial charge in [-0.25, -0.2) is 8.42 Å². The predicted octanol–water partition coefficient (Wildman–Crippen LogP) is 7.59. The molecule has 0 aromatic heterocycles. The molecule has 0 heterocycles. The molecule has 2 amide bonds. The van der Waals surface area contributed by atoms with Crippen molar-refractivity contribution in [1.29, 1.82) is 0 Å². The standard InChI is InChI=1S/C37H39Cl2N3O4S/c1-27-12-11-15-29(22-27)25-41(35(23-28-13-5-2-6-14-28)37(44)40-31-16-7-3-8-17-31)36(43)26-42(34-24-30(38)20-21-33(34)39)47(45,46)32-18-9-4-10-19-32/h2,4-6,9-15,18-22,24,31,35H,3,7-8,16-17,23,25-26H2,1H3,(H,40,44). The molecule has 0 radical (unpaired) electrons. The van der Waals surface area contributed by atoms with Gasteiger partial charge in [-0.3, -0.25) is 13.9 Å². The third-order valence-corrected chi connectivity index (χ3v) is 10.8. The summed E-state index contributed by atoms with van der Waals surface area (Å²) in [5.41, 5.74) is 2.77. The van der Waals surface area contributed by atoms with Crippen molar-refractivity contribution in [2.45, 2.75) is 69.0 Å². The Balaban J connectivity index is 1.58. The first kappa shape index (κ1) is 34.5. The van der Waals surface area contributed by atoms with Crippen LogP contribution >= 0.6 is 23.2 Å². The summed E-state index contributed by atoms with van der Waals surface area (Å²) < 4.78 is 29.4. The number of halogens is 2. The van der Waals surface area contributed by atoms with E-state index in [0.717, 1.165) is 53.1 Å². The molecule has 1 aliphatic rings. The maximum absolute atomic E-state index is 14.7. The van der Waals surface area contributed by atoms with Gasteiger partial charge in [-0.05, 0) is 61.2 Å². The first-order valence-corrected chi connectivity index (χ1v) is 18.0. The molecule has 1 aliphatic carbocycles. The number of carbonyl (C=O) groups is 2. The van der Waals surface area contributed by atoms with Crippen molar-refractivity contribution in [3.05, 3.63) is 130 Å². The van der Waals surface area contributed by atoms with Gasteiger partial charge < -0.3 is 10.2 Å². The summed E-state index contributed by atoms with van der Waals surface area (Å²) in [7, 11) is -4.29. The molecule has 10 heteroatoms. The van der Waals surface area contributed by atoms with Crippen LogP contribution in [0, 0.1) is 6.92 Å². The van der Waals surface area contributed by atoms with Crippen LogP contribution in [-0.4, -0.2) is 43.8 Å². The first-order valence-electron chi connectivity index (χ1n) is 15.8. The van der Waals surface area contributed by atoms with Crippen molar-refractivity contribution >= 4 is 50.7 Å². The van der Waals surface area contributed by atoms with Crippen LogP contribution in [0.15, 0.2) is 108 Å². The normalized spacial score (nSPS) is 14.3. The number of anilines is 1. The third-order valence-electron chi connectivity index (χ3n) is 8.44. The molecule has 7 nitrogen and oxygen atoms in total. The lowest BCUT2D eigenvalue weighted by Gasteiger charge is -2.35. The van der Waals surface area contributed by atoms with Crippen molar-refractivity contribution in [3.63, 3.8) is 0 Å². The van der Waals surface area contributed by atoms with Gasteiger partial charge in [-0.2, -0.15) is 0 Å². The Bertz CT molecular complexity index is 1780. The molecular weight excluding hydrogens is 653 g/mol.